The highest BCUT2D eigenvalue weighted by Crippen LogP contribution is 2.18. The zero-order valence-corrected chi connectivity index (χ0v) is 13.9. The van der Waals surface area contributed by atoms with Crippen molar-refractivity contribution >= 4 is 31.8 Å². The third kappa shape index (κ3) is 4.74. The van der Waals surface area contributed by atoms with Crippen molar-refractivity contribution in [3.05, 3.63) is 22.4 Å². The summed E-state index contributed by atoms with van der Waals surface area (Å²) >= 11 is 3.29. The second-order valence-corrected chi connectivity index (χ2v) is 6.76. The van der Waals surface area contributed by atoms with Crippen LogP contribution in [0.5, 0.6) is 0 Å². The third-order valence-corrected chi connectivity index (χ3v) is 4.92. The lowest BCUT2D eigenvalue weighted by Gasteiger charge is -2.21. The second kappa shape index (κ2) is 7.21. The fraction of sp³-hybridized carbons (Fsp3) is 0.583. The second-order valence-electron chi connectivity index (χ2n) is 4.34. The van der Waals surface area contributed by atoms with E-state index in [1.807, 2.05) is 20.8 Å². The first-order chi connectivity index (χ1) is 8.90. The molecule has 108 valence electrons. The fourth-order valence-corrected chi connectivity index (χ4v) is 3.28. The topological polar surface area (TPSA) is 62.3 Å². The summed E-state index contributed by atoms with van der Waals surface area (Å²) in [4.78, 5) is 4.09. The van der Waals surface area contributed by atoms with Crippen LogP contribution in [0.15, 0.2) is 16.9 Å². The zero-order valence-electron chi connectivity index (χ0n) is 11.5. The van der Waals surface area contributed by atoms with Crippen LogP contribution in [0.2, 0.25) is 0 Å². The molecule has 1 aromatic rings. The number of pyridine rings is 1. The molecule has 19 heavy (non-hydrogen) atoms. The molecule has 0 unspecified atom stereocenters. The maximum Gasteiger partial charge on any atom is 0.301 e. The number of nitrogens with one attached hydrogen (secondary N) is 1. The lowest BCUT2D eigenvalue weighted by Crippen LogP contribution is -2.37. The molecule has 0 aliphatic heterocycles. The van der Waals surface area contributed by atoms with Crippen LogP contribution >= 0.6 is 15.9 Å². The van der Waals surface area contributed by atoms with E-state index in [0.29, 0.717) is 18.8 Å². The smallest absolute Gasteiger partial charge is 0.269 e. The maximum atomic E-state index is 12.3. The molecule has 0 saturated carbocycles. The molecule has 0 radical (unpaired) electrons. The summed E-state index contributed by atoms with van der Waals surface area (Å²) in [6.07, 6.45) is 3.09. The van der Waals surface area contributed by atoms with Gasteiger partial charge >= 0.3 is 10.2 Å². The van der Waals surface area contributed by atoms with Crippen LogP contribution in [0.3, 0.4) is 0 Å². The summed E-state index contributed by atoms with van der Waals surface area (Å²) in [5, 5.41) is 0. The van der Waals surface area contributed by atoms with Gasteiger partial charge in [-0.05, 0) is 47.3 Å². The van der Waals surface area contributed by atoms with Crippen LogP contribution in [0.1, 0.15) is 32.3 Å². The van der Waals surface area contributed by atoms with Gasteiger partial charge < -0.3 is 0 Å². The molecule has 0 saturated heterocycles. The van der Waals surface area contributed by atoms with E-state index in [1.165, 1.54) is 10.5 Å². The fourth-order valence-electron chi connectivity index (χ4n) is 1.68. The minimum atomic E-state index is -3.50. The van der Waals surface area contributed by atoms with Crippen molar-refractivity contribution in [2.45, 2.75) is 33.6 Å². The van der Waals surface area contributed by atoms with Gasteiger partial charge in [-0.2, -0.15) is 12.7 Å². The van der Waals surface area contributed by atoms with Crippen molar-refractivity contribution in [2.24, 2.45) is 0 Å². The average Bonchev–Trinajstić information content (AvgIpc) is 2.33. The van der Waals surface area contributed by atoms with Crippen molar-refractivity contribution in [2.75, 3.05) is 17.8 Å². The Morgan fingerprint density at radius 1 is 1.32 bits per heavy atom. The molecule has 1 N–H and O–H groups in total. The summed E-state index contributed by atoms with van der Waals surface area (Å²) in [7, 11) is -3.50. The summed E-state index contributed by atoms with van der Waals surface area (Å²) in [5.74, 6) is 0. The van der Waals surface area contributed by atoms with Crippen LogP contribution in [0.4, 0.5) is 5.69 Å². The Balaban J connectivity index is 2.90. The van der Waals surface area contributed by atoms with E-state index in [-0.39, 0.29) is 0 Å². The highest BCUT2D eigenvalue weighted by molar-refractivity contribution is 9.10. The predicted molar refractivity (Wildman–Crippen MR) is 81.4 cm³/mol. The molecular weight excluding hydrogens is 330 g/mol. The first-order valence-corrected chi connectivity index (χ1v) is 8.54. The Hall–Kier alpha value is -0.660. The van der Waals surface area contributed by atoms with E-state index in [9.17, 15) is 8.42 Å². The molecule has 1 heterocycles. The zero-order chi connectivity index (χ0) is 14.5. The Kier molecular flexibility index (Phi) is 6.22. The van der Waals surface area contributed by atoms with Gasteiger partial charge in [-0.25, -0.2) is 4.98 Å². The third-order valence-electron chi connectivity index (χ3n) is 2.55. The van der Waals surface area contributed by atoms with Crippen LogP contribution in [0, 0.1) is 6.92 Å². The van der Waals surface area contributed by atoms with E-state index in [1.54, 1.807) is 6.07 Å². The first-order valence-electron chi connectivity index (χ1n) is 6.30. The molecule has 0 aliphatic carbocycles. The van der Waals surface area contributed by atoms with Gasteiger partial charge in [-0.15, -0.1) is 0 Å². The Labute approximate surface area is 123 Å². The van der Waals surface area contributed by atoms with Crippen LogP contribution in [0.25, 0.3) is 0 Å². The standard InChI is InChI=1S/C12H20BrN3O2S/c1-4-6-16(7-5-2)19(17,18)15-11-8-10(3)12(13)14-9-11/h8-9,15H,4-7H2,1-3H3. The van der Waals surface area contributed by atoms with Gasteiger partial charge in [0.1, 0.15) is 4.60 Å². The van der Waals surface area contributed by atoms with E-state index in [4.69, 9.17) is 0 Å². The number of halogens is 1. The molecule has 0 bridgehead atoms. The SMILES string of the molecule is CCCN(CCC)S(=O)(=O)Nc1cnc(Br)c(C)c1. The number of hydrogen-bond acceptors (Lipinski definition) is 3. The molecule has 0 amide bonds. The lowest BCUT2D eigenvalue weighted by molar-refractivity contribution is 0.413. The Bertz CT molecular complexity index is 514. The maximum absolute atomic E-state index is 12.3. The van der Waals surface area contributed by atoms with Crippen molar-refractivity contribution < 1.29 is 8.42 Å². The number of aryl methyl sites for hydroxylation is 1. The van der Waals surface area contributed by atoms with Gasteiger partial charge in [0.2, 0.25) is 0 Å². The molecule has 0 fully saturated rings. The molecule has 7 heteroatoms. The Morgan fingerprint density at radius 2 is 1.89 bits per heavy atom. The molecule has 0 atom stereocenters. The van der Waals surface area contributed by atoms with Crippen molar-refractivity contribution in [1.29, 1.82) is 0 Å². The number of rotatable bonds is 7. The monoisotopic (exact) mass is 349 g/mol. The van der Waals surface area contributed by atoms with Gasteiger partial charge in [0, 0.05) is 13.1 Å². The summed E-state index contributed by atoms with van der Waals surface area (Å²) in [6.45, 7) is 6.83. The van der Waals surface area contributed by atoms with E-state index < -0.39 is 10.2 Å². The minimum Gasteiger partial charge on any atom is -0.269 e. The number of hydrogen-bond donors (Lipinski definition) is 1. The van der Waals surface area contributed by atoms with Gasteiger partial charge in [0.15, 0.2) is 0 Å². The predicted octanol–water partition coefficient (Wildman–Crippen LogP) is 2.93. The van der Waals surface area contributed by atoms with Crippen LogP contribution < -0.4 is 4.72 Å². The van der Waals surface area contributed by atoms with E-state index >= 15 is 0 Å². The quantitative estimate of drug-likeness (QED) is 0.769. The lowest BCUT2D eigenvalue weighted by atomic mass is 10.3. The summed E-state index contributed by atoms with van der Waals surface area (Å²) in [6, 6.07) is 1.75. The van der Waals surface area contributed by atoms with E-state index in [0.717, 1.165) is 23.0 Å². The number of aromatic nitrogens is 1. The molecule has 0 aromatic carbocycles. The van der Waals surface area contributed by atoms with Crippen LogP contribution in [-0.4, -0.2) is 30.8 Å². The molecule has 0 aliphatic rings. The normalized spacial score (nSPS) is 11.8. The molecule has 1 rings (SSSR count). The van der Waals surface area contributed by atoms with Crippen molar-refractivity contribution in [3.63, 3.8) is 0 Å². The molecule has 0 spiro atoms. The molecular formula is C12H20BrN3O2S. The Morgan fingerprint density at radius 3 is 2.37 bits per heavy atom. The van der Waals surface area contributed by atoms with Gasteiger partial charge in [0.05, 0.1) is 11.9 Å². The minimum absolute atomic E-state index is 0.484. The van der Waals surface area contributed by atoms with Gasteiger partial charge in [0.25, 0.3) is 0 Å². The molecule has 5 nitrogen and oxygen atoms in total. The highest BCUT2D eigenvalue weighted by atomic mass is 79.9. The average molecular weight is 350 g/mol. The van der Waals surface area contributed by atoms with Gasteiger partial charge in [-0.3, -0.25) is 4.72 Å². The largest absolute Gasteiger partial charge is 0.301 e. The number of nitrogens with zero attached hydrogens (tertiary/aromatic N) is 2. The summed E-state index contributed by atoms with van der Waals surface area (Å²) < 4.78 is 29.3. The van der Waals surface area contributed by atoms with Gasteiger partial charge in [-0.1, -0.05) is 13.8 Å². The molecule has 1 aromatic heterocycles. The van der Waals surface area contributed by atoms with Crippen LogP contribution in [-0.2, 0) is 10.2 Å². The van der Waals surface area contributed by atoms with Crippen molar-refractivity contribution in [1.82, 2.24) is 9.29 Å². The highest BCUT2D eigenvalue weighted by Gasteiger charge is 2.20. The number of anilines is 1. The van der Waals surface area contributed by atoms with Crippen molar-refractivity contribution in [3.8, 4) is 0 Å². The first kappa shape index (κ1) is 16.4. The van der Waals surface area contributed by atoms with E-state index in [2.05, 4.69) is 25.6 Å². The summed E-state index contributed by atoms with van der Waals surface area (Å²) in [5.41, 5.74) is 1.37.